The summed E-state index contributed by atoms with van der Waals surface area (Å²) in [5, 5.41) is 0. The van der Waals surface area contributed by atoms with Crippen molar-refractivity contribution in [3.8, 4) is 0 Å². The van der Waals surface area contributed by atoms with Gasteiger partial charge >= 0.3 is 0 Å². The van der Waals surface area contributed by atoms with Gasteiger partial charge in [0.2, 0.25) is 5.91 Å². The lowest BCUT2D eigenvalue weighted by atomic mass is 10.0. The van der Waals surface area contributed by atoms with E-state index < -0.39 is 0 Å². The Morgan fingerprint density at radius 3 is 2.39 bits per heavy atom. The lowest BCUT2D eigenvalue weighted by Crippen LogP contribution is -2.52. The summed E-state index contributed by atoms with van der Waals surface area (Å²) in [5.74, 6) is -0.114. The fourth-order valence-electron chi connectivity index (χ4n) is 2.64. The lowest BCUT2D eigenvalue weighted by molar-refractivity contribution is -0.135. The van der Waals surface area contributed by atoms with Crippen LogP contribution in [-0.2, 0) is 4.79 Å². The second kappa shape index (κ2) is 5.97. The van der Waals surface area contributed by atoms with Crippen LogP contribution in [0.5, 0.6) is 0 Å². The smallest absolute Gasteiger partial charge is 0.232 e. The van der Waals surface area contributed by atoms with Crippen molar-refractivity contribution in [1.29, 1.82) is 0 Å². The van der Waals surface area contributed by atoms with Crippen LogP contribution in [0.3, 0.4) is 0 Å². The summed E-state index contributed by atoms with van der Waals surface area (Å²) in [6.45, 7) is 5.74. The van der Waals surface area contributed by atoms with Crippen molar-refractivity contribution >= 4 is 23.1 Å². The van der Waals surface area contributed by atoms with Gasteiger partial charge in [0.05, 0.1) is 10.9 Å². The first-order valence-electron chi connectivity index (χ1n) is 6.95. The molecule has 1 saturated heterocycles. The molecular formula is C13H23N3OS. The number of rotatable bonds is 5. The Hall–Kier alpha value is -0.680. The average Bonchev–Trinajstić information content (AvgIpc) is 3.19. The van der Waals surface area contributed by atoms with E-state index in [4.69, 9.17) is 18.0 Å². The molecule has 0 aromatic heterocycles. The van der Waals surface area contributed by atoms with E-state index in [2.05, 4.69) is 11.8 Å². The summed E-state index contributed by atoms with van der Waals surface area (Å²) in [5.41, 5.74) is 5.69. The predicted octanol–water partition coefficient (Wildman–Crippen LogP) is 0.995. The van der Waals surface area contributed by atoms with E-state index >= 15 is 0 Å². The van der Waals surface area contributed by atoms with Crippen LogP contribution in [0.1, 0.15) is 32.6 Å². The zero-order valence-corrected chi connectivity index (χ0v) is 11.9. The third kappa shape index (κ3) is 3.20. The van der Waals surface area contributed by atoms with Crippen LogP contribution in [0.2, 0.25) is 0 Å². The molecule has 1 amide bonds. The quantitative estimate of drug-likeness (QED) is 0.756. The van der Waals surface area contributed by atoms with E-state index in [0.29, 0.717) is 4.99 Å². The van der Waals surface area contributed by atoms with Gasteiger partial charge in [-0.25, -0.2) is 0 Å². The van der Waals surface area contributed by atoms with Crippen LogP contribution in [0.15, 0.2) is 0 Å². The van der Waals surface area contributed by atoms with E-state index in [-0.39, 0.29) is 11.8 Å². The number of thiocarbonyl (C=S) groups is 1. The first-order chi connectivity index (χ1) is 8.63. The molecule has 1 heterocycles. The van der Waals surface area contributed by atoms with E-state index in [0.717, 1.165) is 45.1 Å². The molecule has 2 rings (SSSR count). The van der Waals surface area contributed by atoms with Crippen LogP contribution >= 0.6 is 12.2 Å². The third-order valence-corrected chi connectivity index (χ3v) is 4.19. The Kier molecular flexibility index (Phi) is 4.56. The third-order valence-electron chi connectivity index (χ3n) is 3.91. The SMILES string of the molecule is CCCC(C(=O)N1CCN(C2CC2)CC1)C(N)=S. The molecule has 0 radical (unpaired) electrons. The second-order valence-electron chi connectivity index (χ2n) is 5.34. The number of carbonyl (C=O) groups excluding carboxylic acids is 1. The molecule has 2 N–H and O–H groups in total. The van der Waals surface area contributed by atoms with Gasteiger partial charge in [0.1, 0.15) is 0 Å². The number of piperazine rings is 1. The fraction of sp³-hybridized carbons (Fsp3) is 0.846. The highest BCUT2D eigenvalue weighted by molar-refractivity contribution is 7.80. The fourth-order valence-corrected chi connectivity index (χ4v) is 2.86. The topological polar surface area (TPSA) is 49.6 Å². The molecule has 102 valence electrons. The zero-order chi connectivity index (χ0) is 13.1. The van der Waals surface area contributed by atoms with E-state index in [1.54, 1.807) is 0 Å². The van der Waals surface area contributed by atoms with Crippen LogP contribution < -0.4 is 5.73 Å². The maximum atomic E-state index is 12.4. The Labute approximate surface area is 114 Å². The van der Waals surface area contributed by atoms with E-state index in [1.807, 2.05) is 4.90 Å². The molecule has 5 heteroatoms. The molecule has 1 aliphatic heterocycles. The Balaban J connectivity index is 1.86. The van der Waals surface area contributed by atoms with Gasteiger partial charge in [0.25, 0.3) is 0 Å². The molecule has 1 unspecified atom stereocenters. The summed E-state index contributed by atoms with van der Waals surface area (Å²) in [7, 11) is 0. The van der Waals surface area contributed by atoms with E-state index in [9.17, 15) is 4.79 Å². The minimum atomic E-state index is -0.252. The van der Waals surface area contributed by atoms with Crippen molar-refractivity contribution < 1.29 is 4.79 Å². The zero-order valence-electron chi connectivity index (χ0n) is 11.1. The molecular weight excluding hydrogens is 246 g/mol. The summed E-state index contributed by atoms with van der Waals surface area (Å²) < 4.78 is 0. The van der Waals surface area contributed by atoms with Gasteiger partial charge in [0, 0.05) is 32.2 Å². The van der Waals surface area contributed by atoms with Crippen molar-refractivity contribution in [2.24, 2.45) is 11.7 Å². The molecule has 0 bridgehead atoms. The predicted molar refractivity (Wildman–Crippen MR) is 76.4 cm³/mol. The van der Waals surface area contributed by atoms with Crippen molar-refractivity contribution in [3.63, 3.8) is 0 Å². The number of nitrogens with zero attached hydrogens (tertiary/aromatic N) is 2. The van der Waals surface area contributed by atoms with Crippen molar-refractivity contribution in [2.75, 3.05) is 26.2 Å². The molecule has 18 heavy (non-hydrogen) atoms. The highest BCUT2D eigenvalue weighted by Gasteiger charge is 2.34. The molecule has 4 nitrogen and oxygen atoms in total. The monoisotopic (exact) mass is 269 g/mol. The van der Waals surface area contributed by atoms with Crippen LogP contribution in [0.25, 0.3) is 0 Å². The summed E-state index contributed by atoms with van der Waals surface area (Å²) >= 11 is 5.02. The van der Waals surface area contributed by atoms with Gasteiger partial charge in [-0.15, -0.1) is 0 Å². The maximum Gasteiger partial charge on any atom is 0.232 e. The number of hydrogen-bond acceptors (Lipinski definition) is 3. The molecule has 0 aromatic carbocycles. The second-order valence-corrected chi connectivity index (χ2v) is 5.81. The molecule has 0 spiro atoms. The summed E-state index contributed by atoms with van der Waals surface area (Å²) in [6, 6.07) is 0.796. The number of hydrogen-bond donors (Lipinski definition) is 1. The van der Waals surface area contributed by atoms with Crippen LogP contribution in [-0.4, -0.2) is 52.9 Å². The van der Waals surface area contributed by atoms with Crippen molar-refractivity contribution in [3.05, 3.63) is 0 Å². The molecule has 0 aromatic rings. The van der Waals surface area contributed by atoms with Gasteiger partial charge in [-0.1, -0.05) is 25.6 Å². The average molecular weight is 269 g/mol. The number of carbonyl (C=O) groups is 1. The van der Waals surface area contributed by atoms with Gasteiger partial charge in [-0.05, 0) is 19.3 Å². The standard InChI is InChI=1S/C13H23N3OS/c1-2-3-11(12(14)18)13(17)16-8-6-15(7-9-16)10-4-5-10/h10-11H,2-9H2,1H3,(H2,14,18). The Morgan fingerprint density at radius 2 is 1.94 bits per heavy atom. The molecule has 2 aliphatic rings. The minimum absolute atomic E-state index is 0.139. The molecule has 1 atom stereocenters. The first-order valence-corrected chi connectivity index (χ1v) is 7.36. The van der Waals surface area contributed by atoms with Crippen molar-refractivity contribution in [2.45, 2.75) is 38.6 Å². The molecule has 1 saturated carbocycles. The molecule has 1 aliphatic carbocycles. The number of amides is 1. The summed E-state index contributed by atoms with van der Waals surface area (Å²) in [4.78, 5) is 17.2. The summed E-state index contributed by atoms with van der Waals surface area (Å²) in [6.07, 6.45) is 4.38. The highest BCUT2D eigenvalue weighted by atomic mass is 32.1. The van der Waals surface area contributed by atoms with Gasteiger partial charge < -0.3 is 10.6 Å². The Morgan fingerprint density at radius 1 is 1.33 bits per heavy atom. The van der Waals surface area contributed by atoms with Crippen LogP contribution in [0.4, 0.5) is 0 Å². The van der Waals surface area contributed by atoms with E-state index in [1.165, 1.54) is 12.8 Å². The van der Waals surface area contributed by atoms with Gasteiger partial charge in [-0.2, -0.15) is 0 Å². The first kappa shape index (κ1) is 13.7. The largest absolute Gasteiger partial charge is 0.393 e. The van der Waals surface area contributed by atoms with Gasteiger partial charge in [-0.3, -0.25) is 9.69 Å². The van der Waals surface area contributed by atoms with Crippen molar-refractivity contribution in [1.82, 2.24) is 9.80 Å². The molecule has 2 fully saturated rings. The Bertz CT molecular complexity index is 322. The normalized spacial score (nSPS) is 22.8. The van der Waals surface area contributed by atoms with Crippen LogP contribution in [0, 0.1) is 5.92 Å². The van der Waals surface area contributed by atoms with Gasteiger partial charge in [0.15, 0.2) is 0 Å². The minimum Gasteiger partial charge on any atom is -0.393 e. The lowest BCUT2D eigenvalue weighted by Gasteiger charge is -2.36. The number of nitrogens with two attached hydrogens (primary N) is 1. The highest BCUT2D eigenvalue weighted by Crippen LogP contribution is 2.27. The maximum absolute atomic E-state index is 12.4.